The molecule has 7 heteroatoms. The maximum absolute atomic E-state index is 12.2. The van der Waals surface area contributed by atoms with Gasteiger partial charge in [0.2, 0.25) is 0 Å². The third-order valence-electron chi connectivity index (χ3n) is 3.30. The number of rotatable bonds is 7. The van der Waals surface area contributed by atoms with Crippen molar-refractivity contribution in [2.45, 2.75) is 13.5 Å². The summed E-state index contributed by atoms with van der Waals surface area (Å²) < 4.78 is 10.6. The SMILES string of the molecule is CCNC(=O)NC(=O)COC(=O)c1ccccc1COc1ccccc1. The quantitative estimate of drug-likeness (QED) is 0.742. The summed E-state index contributed by atoms with van der Waals surface area (Å²) >= 11 is 0. The highest BCUT2D eigenvalue weighted by Crippen LogP contribution is 2.15. The third-order valence-corrected chi connectivity index (χ3v) is 3.30. The molecule has 0 bridgehead atoms. The van der Waals surface area contributed by atoms with Crippen LogP contribution in [0.4, 0.5) is 4.79 Å². The van der Waals surface area contributed by atoms with Crippen molar-refractivity contribution in [2.75, 3.05) is 13.2 Å². The van der Waals surface area contributed by atoms with Crippen molar-refractivity contribution in [1.29, 1.82) is 0 Å². The van der Waals surface area contributed by atoms with Crippen LogP contribution >= 0.6 is 0 Å². The second-order valence-electron chi connectivity index (χ2n) is 5.24. The topological polar surface area (TPSA) is 93.7 Å². The van der Waals surface area contributed by atoms with Crippen LogP contribution in [0.1, 0.15) is 22.8 Å². The minimum absolute atomic E-state index is 0.181. The molecule has 7 nitrogen and oxygen atoms in total. The summed E-state index contributed by atoms with van der Waals surface area (Å²) in [7, 11) is 0. The lowest BCUT2D eigenvalue weighted by atomic mass is 10.1. The number of hydrogen-bond acceptors (Lipinski definition) is 5. The molecule has 0 saturated carbocycles. The standard InChI is InChI=1S/C19H20N2O5/c1-2-20-19(24)21-17(22)13-26-18(23)16-11-7-6-8-14(16)12-25-15-9-4-3-5-10-15/h3-11H,2,12-13H2,1H3,(H2,20,21,22,24). The zero-order valence-electron chi connectivity index (χ0n) is 14.4. The average Bonchev–Trinajstić information content (AvgIpc) is 2.65. The third kappa shape index (κ3) is 5.94. The van der Waals surface area contributed by atoms with Gasteiger partial charge in [0.15, 0.2) is 6.61 Å². The molecule has 0 aliphatic carbocycles. The molecule has 0 aliphatic rings. The molecule has 2 aromatic carbocycles. The van der Waals surface area contributed by atoms with Gasteiger partial charge in [-0.3, -0.25) is 10.1 Å². The summed E-state index contributed by atoms with van der Waals surface area (Å²) in [6, 6.07) is 15.4. The number of carbonyl (C=O) groups is 3. The van der Waals surface area contributed by atoms with Gasteiger partial charge < -0.3 is 14.8 Å². The highest BCUT2D eigenvalue weighted by Gasteiger charge is 2.15. The summed E-state index contributed by atoms with van der Waals surface area (Å²) in [6.45, 7) is 1.73. The van der Waals surface area contributed by atoms with E-state index in [9.17, 15) is 14.4 Å². The molecule has 0 spiro atoms. The molecular weight excluding hydrogens is 336 g/mol. The molecule has 136 valence electrons. The lowest BCUT2D eigenvalue weighted by Crippen LogP contribution is -2.41. The van der Waals surface area contributed by atoms with Crippen LogP contribution in [0.15, 0.2) is 54.6 Å². The molecule has 0 saturated heterocycles. The van der Waals surface area contributed by atoms with Crippen LogP contribution in [0.5, 0.6) is 5.75 Å². The van der Waals surface area contributed by atoms with Crippen molar-refractivity contribution in [3.8, 4) is 5.75 Å². The van der Waals surface area contributed by atoms with Gasteiger partial charge >= 0.3 is 12.0 Å². The first kappa shape index (κ1) is 19.0. The van der Waals surface area contributed by atoms with E-state index in [0.29, 0.717) is 23.4 Å². The van der Waals surface area contributed by atoms with E-state index in [4.69, 9.17) is 9.47 Å². The summed E-state index contributed by atoms with van der Waals surface area (Å²) in [4.78, 5) is 35.1. The summed E-state index contributed by atoms with van der Waals surface area (Å²) in [6.07, 6.45) is 0. The molecule has 0 heterocycles. The van der Waals surface area contributed by atoms with Crippen LogP contribution in [-0.2, 0) is 16.1 Å². The van der Waals surface area contributed by atoms with E-state index in [0.717, 1.165) is 0 Å². The lowest BCUT2D eigenvalue weighted by Gasteiger charge is -2.11. The van der Waals surface area contributed by atoms with Crippen molar-refractivity contribution in [1.82, 2.24) is 10.6 Å². The number of hydrogen-bond donors (Lipinski definition) is 2. The van der Waals surface area contributed by atoms with Crippen molar-refractivity contribution in [3.63, 3.8) is 0 Å². The number of carbonyl (C=O) groups excluding carboxylic acids is 3. The van der Waals surface area contributed by atoms with Crippen molar-refractivity contribution >= 4 is 17.9 Å². The van der Waals surface area contributed by atoms with Crippen LogP contribution in [0, 0.1) is 0 Å². The Bertz CT molecular complexity index is 762. The number of urea groups is 1. The monoisotopic (exact) mass is 356 g/mol. The number of benzene rings is 2. The second-order valence-corrected chi connectivity index (χ2v) is 5.24. The fraction of sp³-hybridized carbons (Fsp3) is 0.211. The minimum Gasteiger partial charge on any atom is -0.489 e. The molecule has 0 radical (unpaired) electrons. The van der Waals surface area contributed by atoms with Gasteiger partial charge in [0.05, 0.1) is 5.56 Å². The van der Waals surface area contributed by atoms with E-state index in [1.807, 2.05) is 30.3 Å². The summed E-state index contributed by atoms with van der Waals surface area (Å²) in [5.74, 6) is -0.692. The number of ether oxygens (including phenoxy) is 2. The summed E-state index contributed by atoms with van der Waals surface area (Å²) in [5, 5.41) is 4.47. The van der Waals surface area contributed by atoms with Gasteiger partial charge in [-0.25, -0.2) is 9.59 Å². The van der Waals surface area contributed by atoms with Crippen LogP contribution in [-0.4, -0.2) is 31.1 Å². The Balaban J connectivity index is 1.92. The van der Waals surface area contributed by atoms with Gasteiger partial charge in [0.25, 0.3) is 5.91 Å². The molecule has 0 aromatic heterocycles. The zero-order valence-corrected chi connectivity index (χ0v) is 14.4. The highest BCUT2D eigenvalue weighted by atomic mass is 16.5. The van der Waals surface area contributed by atoms with E-state index >= 15 is 0 Å². The van der Waals surface area contributed by atoms with E-state index in [2.05, 4.69) is 10.6 Å². The molecular formula is C19H20N2O5. The molecule has 0 aliphatic heterocycles. The van der Waals surface area contributed by atoms with Crippen LogP contribution < -0.4 is 15.4 Å². The van der Waals surface area contributed by atoms with E-state index < -0.39 is 24.5 Å². The Morgan fingerprint density at radius 2 is 1.65 bits per heavy atom. The van der Waals surface area contributed by atoms with Gasteiger partial charge in [0.1, 0.15) is 12.4 Å². The minimum atomic E-state index is -0.706. The lowest BCUT2D eigenvalue weighted by molar-refractivity contribution is -0.123. The maximum atomic E-state index is 12.2. The first-order chi connectivity index (χ1) is 12.6. The second kappa shape index (κ2) is 9.83. The zero-order chi connectivity index (χ0) is 18.8. The predicted molar refractivity (Wildman–Crippen MR) is 94.7 cm³/mol. The average molecular weight is 356 g/mol. The Kier molecular flexibility index (Phi) is 7.17. The van der Waals surface area contributed by atoms with Gasteiger partial charge in [0, 0.05) is 12.1 Å². The molecule has 2 rings (SSSR count). The Hall–Kier alpha value is -3.35. The van der Waals surface area contributed by atoms with Crippen molar-refractivity contribution < 1.29 is 23.9 Å². The van der Waals surface area contributed by atoms with Crippen molar-refractivity contribution in [2.24, 2.45) is 0 Å². The Morgan fingerprint density at radius 3 is 2.38 bits per heavy atom. The highest BCUT2D eigenvalue weighted by molar-refractivity contribution is 5.97. The first-order valence-electron chi connectivity index (χ1n) is 8.10. The van der Waals surface area contributed by atoms with E-state index in [1.165, 1.54) is 0 Å². The fourth-order valence-electron chi connectivity index (χ4n) is 2.10. The van der Waals surface area contributed by atoms with Gasteiger partial charge in [-0.2, -0.15) is 0 Å². The van der Waals surface area contributed by atoms with Gasteiger partial charge in [-0.15, -0.1) is 0 Å². The normalized spacial score (nSPS) is 9.88. The molecule has 2 N–H and O–H groups in total. The molecule has 26 heavy (non-hydrogen) atoms. The van der Waals surface area contributed by atoms with Crippen LogP contribution in [0.3, 0.4) is 0 Å². The number of nitrogens with one attached hydrogen (secondary N) is 2. The number of para-hydroxylation sites is 1. The van der Waals surface area contributed by atoms with Gasteiger partial charge in [-0.1, -0.05) is 36.4 Å². The van der Waals surface area contributed by atoms with Crippen molar-refractivity contribution in [3.05, 3.63) is 65.7 Å². The predicted octanol–water partition coefficient (Wildman–Crippen LogP) is 2.27. The molecule has 0 atom stereocenters. The number of esters is 1. The van der Waals surface area contributed by atoms with Gasteiger partial charge in [-0.05, 0) is 25.1 Å². The molecule has 3 amide bonds. The number of imide groups is 1. The van der Waals surface area contributed by atoms with E-state index in [1.54, 1.807) is 31.2 Å². The van der Waals surface area contributed by atoms with E-state index in [-0.39, 0.29) is 6.61 Å². The molecule has 0 fully saturated rings. The first-order valence-corrected chi connectivity index (χ1v) is 8.10. The smallest absolute Gasteiger partial charge is 0.339 e. The molecule has 2 aromatic rings. The fourth-order valence-corrected chi connectivity index (χ4v) is 2.10. The maximum Gasteiger partial charge on any atom is 0.339 e. The largest absolute Gasteiger partial charge is 0.489 e. The molecule has 0 unspecified atom stereocenters. The Morgan fingerprint density at radius 1 is 0.962 bits per heavy atom. The van der Waals surface area contributed by atoms with Crippen LogP contribution in [0.2, 0.25) is 0 Å². The Labute approximate surface area is 151 Å². The van der Waals surface area contributed by atoms with Crippen LogP contribution in [0.25, 0.3) is 0 Å². The summed E-state index contributed by atoms with van der Waals surface area (Å²) in [5.41, 5.74) is 0.930. The number of amides is 3.